The molecule has 3 aromatic rings. The predicted molar refractivity (Wildman–Crippen MR) is 86.3 cm³/mol. The van der Waals surface area contributed by atoms with Crippen LogP contribution < -0.4 is 9.47 Å². The zero-order valence-electron chi connectivity index (χ0n) is 13.7. The van der Waals surface area contributed by atoms with Crippen molar-refractivity contribution in [1.29, 1.82) is 0 Å². The molecule has 124 valence electrons. The van der Waals surface area contributed by atoms with Gasteiger partial charge in [-0.15, -0.1) is 0 Å². The van der Waals surface area contributed by atoms with Crippen LogP contribution in [0.4, 0.5) is 0 Å². The minimum atomic E-state index is -0.0826. The Labute approximate surface area is 139 Å². The van der Waals surface area contributed by atoms with E-state index in [9.17, 15) is 4.79 Å². The highest BCUT2D eigenvalue weighted by molar-refractivity contribution is 5.97. The van der Waals surface area contributed by atoms with Gasteiger partial charge in [0.05, 0.1) is 18.9 Å². The van der Waals surface area contributed by atoms with Gasteiger partial charge in [0.1, 0.15) is 29.6 Å². The summed E-state index contributed by atoms with van der Waals surface area (Å²) in [7, 11) is 1.56. The Morgan fingerprint density at radius 1 is 1.29 bits per heavy atom. The van der Waals surface area contributed by atoms with Crippen LogP contribution in [0.5, 0.6) is 11.5 Å². The van der Waals surface area contributed by atoms with Crippen LogP contribution in [0.3, 0.4) is 0 Å². The Morgan fingerprint density at radius 3 is 2.79 bits per heavy atom. The number of carbonyl (C=O) groups is 1. The molecular weight excluding hydrogens is 310 g/mol. The molecule has 6 nitrogen and oxygen atoms in total. The topological polar surface area (TPSA) is 74.7 Å². The number of nitrogens with zero attached hydrogens (tertiary/aromatic N) is 1. The lowest BCUT2D eigenvalue weighted by Gasteiger charge is -2.10. The van der Waals surface area contributed by atoms with Crippen molar-refractivity contribution in [2.75, 3.05) is 7.11 Å². The van der Waals surface area contributed by atoms with E-state index in [1.165, 1.54) is 6.92 Å². The van der Waals surface area contributed by atoms with Gasteiger partial charge in [0, 0.05) is 6.07 Å². The van der Waals surface area contributed by atoms with Crippen LogP contribution in [0.15, 0.2) is 45.4 Å². The molecule has 0 radical (unpaired) electrons. The molecule has 0 N–H and O–H groups in total. The molecule has 0 bridgehead atoms. The van der Waals surface area contributed by atoms with Crippen molar-refractivity contribution in [3.05, 3.63) is 53.6 Å². The summed E-state index contributed by atoms with van der Waals surface area (Å²) in [5.41, 5.74) is 1.13. The molecule has 24 heavy (non-hydrogen) atoms. The molecular formula is C18H17NO5. The highest BCUT2D eigenvalue weighted by atomic mass is 16.5. The maximum Gasteiger partial charge on any atom is 0.263 e. The molecule has 0 saturated carbocycles. The minimum absolute atomic E-state index is 0.0826. The van der Waals surface area contributed by atoms with Crippen LogP contribution in [-0.2, 0) is 6.61 Å². The average Bonchev–Trinajstić information content (AvgIpc) is 3.22. The molecule has 3 rings (SSSR count). The van der Waals surface area contributed by atoms with Gasteiger partial charge < -0.3 is 18.3 Å². The second-order valence-corrected chi connectivity index (χ2v) is 5.21. The maximum atomic E-state index is 11.7. The van der Waals surface area contributed by atoms with E-state index in [0.29, 0.717) is 40.2 Å². The number of Topliss-reactive ketones (excluding diaryl/α,β-unsaturated/α-hetero) is 1. The van der Waals surface area contributed by atoms with Crippen molar-refractivity contribution in [3.63, 3.8) is 0 Å². The van der Waals surface area contributed by atoms with E-state index in [2.05, 4.69) is 4.98 Å². The first-order chi connectivity index (χ1) is 11.6. The summed E-state index contributed by atoms with van der Waals surface area (Å²) in [6.45, 7) is 3.46. The molecule has 6 heteroatoms. The zero-order chi connectivity index (χ0) is 17.1. The van der Waals surface area contributed by atoms with Gasteiger partial charge in [-0.3, -0.25) is 4.79 Å². The molecule has 0 unspecified atom stereocenters. The standard InChI is InChI=1S/C18H17NO5/c1-11(20)14-7-6-13(21-3)9-17(14)23-10-15-12(2)24-18(19-15)16-5-4-8-22-16/h4-9H,10H2,1-3H3. The third kappa shape index (κ3) is 3.17. The Hall–Kier alpha value is -3.02. The Morgan fingerprint density at radius 2 is 2.12 bits per heavy atom. The van der Waals surface area contributed by atoms with Crippen LogP contribution >= 0.6 is 0 Å². The first kappa shape index (κ1) is 15.9. The van der Waals surface area contributed by atoms with Crippen LogP contribution in [0, 0.1) is 6.92 Å². The fourth-order valence-electron chi connectivity index (χ4n) is 2.25. The van der Waals surface area contributed by atoms with Crippen molar-refractivity contribution < 1.29 is 23.1 Å². The third-order valence-electron chi connectivity index (χ3n) is 3.56. The zero-order valence-corrected chi connectivity index (χ0v) is 13.7. The van der Waals surface area contributed by atoms with E-state index < -0.39 is 0 Å². The number of furan rings is 1. The summed E-state index contributed by atoms with van der Waals surface area (Å²) in [4.78, 5) is 16.1. The lowest BCUT2D eigenvalue weighted by molar-refractivity contribution is 0.101. The number of hydrogen-bond acceptors (Lipinski definition) is 6. The van der Waals surface area contributed by atoms with Crippen LogP contribution in [0.2, 0.25) is 0 Å². The molecule has 0 amide bonds. The van der Waals surface area contributed by atoms with E-state index in [-0.39, 0.29) is 12.4 Å². The monoisotopic (exact) mass is 327 g/mol. The second-order valence-electron chi connectivity index (χ2n) is 5.21. The number of methoxy groups -OCH3 is 1. The van der Waals surface area contributed by atoms with Crippen LogP contribution in [-0.4, -0.2) is 17.9 Å². The van der Waals surface area contributed by atoms with E-state index in [1.54, 1.807) is 50.6 Å². The first-order valence-corrected chi connectivity index (χ1v) is 7.40. The summed E-state index contributed by atoms with van der Waals surface area (Å²) < 4.78 is 21.8. The van der Waals surface area contributed by atoms with Crippen molar-refractivity contribution in [2.24, 2.45) is 0 Å². The largest absolute Gasteiger partial charge is 0.497 e. The number of aryl methyl sites for hydroxylation is 1. The Bertz CT molecular complexity index is 848. The number of benzene rings is 1. The van der Waals surface area contributed by atoms with Gasteiger partial charge in [-0.25, -0.2) is 4.98 Å². The Kier molecular flexibility index (Phi) is 4.37. The van der Waals surface area contributed by atoms with Crippen molar-refractivity contribution in [3.8, 4) is 23.1 Å². The fourth-order valence-corrected chi connectivity index (χ4v) is 2.25. The summed E-state index contributed by atoms with van der Waals surface area (Å²) in [6.07, 6.45) is 1.56. The van der Waals surface area contributed by atoms with Crippen molar-refractivity contribution >= 4 is 5.78 Å². The molecule has 0 fully saturated rings. The molecule has 0 spiro atoms. The predicted octanol–water partition coefficient (Wildman–Crippen LogP) is 4.03. The summed E-state index contributed by atoms with van der Waals surface area (Å²) >= 11 is 0. The Balaban J connectivity index is 1.82. The SMILES string of the molecule is COc1ccc(C(C)=O)c(OCc2nc(-c3ccco3)oc2C)c1. The quantitative estimate of drug-likeness (QED) is 0.636. The van der Waals surface area contributed by atoms with Gasteiger partial charge in [0.25, 0.3) is 5.89 Å². The molecule has 0 aliphatic carbocycles. The van der Waals surface area contributed by atoms with Gasteiger partial charge in [-0.05, 0) is 38.1 Å². The van der Waals surface area contributed by atoms with Gasteiger partial charge in [-0.1, -0.05) is 0 Å². The van der Waals surface area contributed by atoms with Gasteiger partial charge in [0.15, 0.2) is 11.5 Å². The minimum Gasteiger partial charge on any atom is -0.497 e. The van der Waals surface area contributed by atoms with E-state index >= 15 is 0 Å². The van der Waals surface area contributed by atoms with Crippen LogP contribution in [0.25, 0.3) is 11.7 Å². The van der Waals surface area contributed by atoms with Gasteiger partial charge in [-0.2, -0.15) is 0 Å². The number of hydrogen-bond donors (Lipinski definition) is 0. The molecule has 0 saturated heterocycles. The molecule has 0 aliphatic heterocycles. The fraction of sp³-hybridized carbons (Fsp3) is 0.222. The smallest absolute Gasteiger partial charge is 0.263 e. The summed E-state index contributed by atoms with van der Waals surface area (Å²) in [6, 6.07) is 8.62. The number of carbonyl (C=O) groups excluding carboxylic acids is 1. The maximum absolute atomic E-state index is 11.7. The lowest BCUT2D eigenvalue weighted by atomic mass is 10.1. The van der Waals surface area contributed by atoms with Gasteiger partial charge in [0.2, 0.25) is 0 Å². The van der Waals surface area contributed by atoms with Crippen molar-refractivity contribution in [1.82, 2.24) is 4.98 Å². The van der Waals surface area contributed by atoms with E-state index in [1.807, 2.05) is 0 Å². The summed E-state index contributed by atoms with van der Waals surface area (Å²) in [5, 5.41) is 0. The normalized spacial score (nSPS) is 10.6. The summed E-state index contributed by atoms with van der Waals surface area (Å²) in [5.74, 6) is 2.56. The molecule has 2 heterocycles. The highest BCUT2D eigenvalue weighted by Crippen LogP contribution is 2.27. The number of ketones is 1. The molecule has 0 aliphatic rings. The number of ether oxygens (including phenoxy) is 2. The second kappa shape index (κ2) is 6.62. The van der Waals surface area contributed by atoms with Gasteiger partial charge >= 0.3 is 0 Å². The van der Waals surface area contributed by atoms with Crippen molar-refractivity contribution in [2.45, 2.75) is 20.5 Å². The number of aromatic nitrogens is 1. The molecule has 0 atom stereocenters. The number of oxazole rings is 1. The van der Waals surface area contributed by atoms with E-state index in [4.69, 9.17) is 18.3 Å². The molecule has 2 aromatic heterocycles. The van der Waals surface area contributed by atoms with E-state index in [0.717, 1.165) is 0 Å². The highest BCUT2D eigenvalue weighted by Gasteiger charge is 2.16. The number of rotatable bonds is 6. The van der Waals surface area contributed by atoms with Crippen LogP contribution in [0.1, 0.15) is 28.7 Å². The first-order valence-electron chi connectivity index (χ1n) is 7.40. The third-order valence-corrected chi connectivity index (χ3v) is 3.56. The average molecular weight is 327 g/mol. The lowest BCUT2D eigenvalue weighted by Crippen LogP contribution is -2.03. The molecule has 1 aromatic carbocycles.